The summed E-state index contributed by atoms with van der Waals surface area (Å²) >= 11 is 3.13. The molecule has 2 atom stereocenters. The Labute approximate surface area is 105 Å². The minimum absolute atomic E-state index is 0.0326. The number of anilines is 1. The van der Waals surface area contributed by atoms with Crippen molar-refractivity contribution in [2.75, 3.05) is 11.4 Å². The zero-order valence-electron chi connectivity index (χ0n) is 8.74. The highest BCUT2D eigenvalue weighted by molar-refractivity contribution is 9.10. The summed E-state index contributed by atoms with van der Waals surface area (Å²) in [7, 11) is 0. The number of aromatic nitrogens is 1. The zero-order valence-corrected chi connectivity index (χ0v) is 10.3. The summed E-state index contributed by atoms with van der Waals surface area (Å²) in [5, 5.41) is 0. The lowest BCUT2D eigenvalue weighted by molar-refractivity contribution is -0.119. The van der Waals surface area contributed by atoms with Crippen molar-refractivity contribution in [1.82, 2.24) is 4.98 Å². The van der Waals surface area contributed by atoms with Crippen LogP contribution in [0, 0.1) is 5.82 Å². The second kappa shape index (κ2) is 4.56. The molecule has 0 saturated carbocycles. The molecule has 92 valence electrons. The number of primary amides is 1. The van der Waals surface area contributed by atoms with E-state index in [0.29, 0.717) is 10.3 Å². The van der Waals surface area contributed by atoms with E-state index in [1.807, 2.05) is 0 Å². The second-order valence-electron chi connectivity index (χ2n) is 3.86. The van der Waals surface area contributed by atoms with Gasteiger partial charge < -0.3 is 10.6 Å². The van der Waals surface area contributed by atoms with E-state index >= 15 is 0 Å². The van der Waals surface area contributed by atoms with Crippen molar-refractivity contribution >= 4 is 27.7 Å². The van der Waals surface area contributed by atoms with Gasteiger partial charge in [-0.05, 0) is 22.0 Å². The summed E-state index contributed by atoms with van der Waals surface area (Å²) in [6.07, 6.45) is -0.0730. The van der Waals surface area contributed by atoms with Gasteiger partial charge in [-0.15, -0.1) is 0 Å². The van der Waals surface area contributed by atoms with Gasteiger partial charge in [0.15, 0.2) is 0 Å². The predicted octanol–water partition coefficient (Wildman–Crippen LogP) is 1.39. The first-order chi connectivity index (χ1) is 7.99. The monoisotopic (exact) mass is 305 g/mol. The number of hydrogen-bond donors (Lipinski definition) is 1. The van der Waals surface area contributed by atoms with Gasteiger partial charge in [0.25, 0.3) is 0 Å². The summed E-state index contributed by atoms with van der Waals surface area (Å²) in [6, 6.07) is 0.477. The van der Waals surface area contributed by atoms with E-state index in [1.165, 1.54) is 11.0 Å². The molecular formula is C10H10BrF2N3O. The number of alkyl halides is 1. The molecule has 2 rings (SSSR count). The molecule has 0 bridgehead atoms. The van der Waals surface area contributed by atoms with Gasteiger partial charge in [0.1, 0.15) is 23.8 Å². The number of amides is 1. The molecule has 17 heavy (non-hydrogen) atoms. The number of nitrogens with zero attached hydrogens (tertiary/aromatic N) is 2. The Bertz CT molecular complexity index is 457. The Morgan fingerprint density at radius 2 is 2.35 bits per heavy atom. The number of carbonyl (C=O) groups is 1. The van der Waals surface area contributed by atoms with Gasteiger partial charge in [-0.1, -0.05) is 0 Å². The fraction of sp³-hybridized carbons (Fsp3) is 0.400. The number of halogens is 3. The summed E-state index contributed by atoms with van der Waals surface area (Å²) in [6.45, 7) is 0.0326. The van der Waals surface area contributed by atoms with Crippen molar-refractivity contribution < 1.29 is 13.6 Å². The van der Waals surface area contributed by atoms with E-state index in [1.54, 1.807) is 0 Å². The molecule has 1 fully saturated rings. The van der Waals surface area contributed by atoms with E-state index in [2.05, 4.69) is 20.9 Å². The third-order valence-electron chi connectivity index (χ3n) is 2.64. The molecule has 0 radical (unpaired) electrons. The Morgan fingerprint density at radius 1 is 1.65 bits per heavy atom. The van der Waals surface area contributed by atoms with E-state index in [4.69, 9.17) is 5.73 Å². The fourth-order valence-corrected chi connectivity index (χ4v) is 2.46. The molecule has 0 aliphatic carbocycles. The molecule has 0 aromatic carbocycles. The molecule has 2 N–H and O–H groups in total. The molecule has 1 aromatic rings. The Morgan fingerprint density at radius 3 is 2.94 bits per heavy atom. The van der Waals surface area contributed by atoms with Crippen molar-refractivity contribution in [3.05, 3.63) is 22.6 Å². The maximum absolute atomic E-state index is 13.3. The van der Waals surface area contributed by atoms with Gasteiger partial charge in [0.05, 0.1) is 17.2 Å². The second-order valence-corrected chi connectivity index (χ2v) is 4.72. The van der Waals surface area contributed by atoms with E-state index in [9.17, 15) is 13.6 Å². The number of nitrogens with two attached hydrogens (primary N) is 1. The molecule has 1 aromatic heterocycles. The largest absolute Gasteiger partial charge is 0.368 e. The van der Waals surface area contributed by atoms with Crippen LogP contribution in [0.2, 0.25) is 0 Å². The van der Waals surface area contributed by atoms with Gasteiger partial charge in [-0.2, -0.15) is 0 Å². The van der Waals surface area contributed by atoms with Gasteiger partial charge in [-0.25, -0.2) is 13.8 Å². The van der Waals surface area contributed by atoms with E-state index < -0.39 is 23.9 Å². The average Bonchev–Trinajstić information content (AvgIpc) is 2.60. The van der Waals surface area contributed by atoms with Crippen molar-refractivity contribution in [3.8, 4) is 0 Å². The number of carbonyl (C=O) groups excluding carboxylic acids is 1. The van der Waals surface area contributed by atoms with Crippen LogP contribution in [0.3, 0.4) is 0 Å². The van der Waals surface area contributed by atoms with Gasteiger partial charge in [-0.3, -0.25) is 4.79 Å². The van der Waals surface area contributed by atoms with Crippen LogP contribution in [0.5, 0.6) is 0 Å². The number of hydrogen-bond acceptors (Lipinski definition) is 3. The Kier molecular flexibility index (Phi) is 3.28. The van der Waals surface area contributed by atoms with Crippen LogP contribution in [0.25, 0.3) is 0 Å². The molecule has 2 unspecified atom stereocenters. The minimum atomic E-state index is -1.13. The highest BCUT2D eigenvalue weighted by Crippen LogP contribution is 2.31. The van der Waals surface area contributed by atoms with Crippen LogP contribution in [-0.2, 0) is 4.79 Å². The lowest BCUT2D eigenvalue weighted by Crippen LogP contribution is -2.40. The maximum Gasteiger partial charge on any atom is 0.240 e. The molecule has 4 nitrogen and oxygen atoms in total. The average molecular weight is 306 g/mol. The lowest BCUT2D eigenvalue weighted by atomic mass is 10.2. The first-order valence-electron chi connectivity index (χ1n) is 5.00. The third kappa shape index (κ3) is 2.38. The molecule has 2 heterocycles. The summed E-state index contributed by atoms with van der Waals surface area (Å²) in [4.78, 5) is 16.5. The highest BCUT2D eigenvalue weighted by atomic mass is 79.9. The van der Waals surface area contributed by atoms with Crippen LogP contribution < -0.4 is 10.6 Å². The fourth-order valence-electron chi connectivity index (χ4n) is 1.91. The smallest absolute Gasteiger partial charge is 0.240 e. The van der Waals surface area contributed by atoms with Crippen molar-refractivity contribution in [1.29, 1.82) is 0 Å². The van der Waals surface area contributed by atoms with Gasteiger partial charge in [0, 0.05) is 6.42 Å². The van der Waals surface area contributed by atoms with Crippen LogP contribution >= 0.6 is 15.9 Å². The summed E-state index contributed by atoms with van der Waals surface area (Å²) in [5.74, 6) is -0.786. The van der Waals surface area contributed by atoms with Crippen LogP contribution in [-0.4, -0.2) is 29.6 Å². The first-order valence-corrected chi connectivity index (χ1v) is 5.79. The molecule has 1 saturated heterocycles. The normalized spacial score (nSPS) is 24.1. The quantitative estimate of drug-likeness (QED) is 0.898. The zero-order chi connectivity index (χ0) is 12.6. The molecule has 1 amide bonds. The lowest BCUT2D eigenvalue weighted by Gasteiger charge is -2.23. The minimum Gasteiger partial charge on any atom is -0.368 e. The van der Waals surface area contributed by atoms with E-state index in [-0.39, 0.29) is 13.0 Å². The number of pyridine rings is 1. The topological polar surface area (TPSA) is 59.2 Å². The molecule has 1 aliphatic heterocycles. The standard InChI is InChI=1S/C10H10BrF2N3O/c11-7-1-5(12)3-15-10(7)16-4-6(13)2-8(16)9(14)17/h1,3,6,8H,2,4H2,(H2,14,17). The van der Waals surface area contributed by atoms with Crippen LogP contribution in [0.15, 0.2) is 16.7 Å². The summed E-state index contributed by atoms with van der Waals surface area (Å²) in [5.41, 5.74) is 5.20. The van der Waals surface area contributed by atoms with Crippen molar-refractivity contribution in [2.24, 2.45) is 5.73 Å². The Balaban J connectivity index is 2.34. The van der Waals surface area contributed by atoms with Crippen molar-refractivity contribution in [2.45, 2.75) is 18.6 Å². The molecule has 1 aliphatic rings. The van der Waals surface area contributed by atoms with Crippen molar-refractivity contribution in [3.63, 3.8) is 0 Å². The van der Waals surface area contributed by atoms with E-state index in [0.717, 1.165) is 6.20 Å². The van der Waals surface area contributed by atoms with Gasteiger partial charge in [0.2, 0.25) is 5.91 Å². The van der Waals surface area contributed by atoms with Gasteiger partial charge >= 0.3 is 0 Å². The highest BCUT2D eigenvalue weighted by Gasteiger charge is 2.37. The third-order valence-corrected chi connectivity index (χ3v) is 3.22. The SMILES string of the molecule is NC(=O)C1CC(F)CN1c1ncc(F)cc1Br. The summed E-state index contributed by atoms with van der Waals surface area (Å²) < 4.78 is 26.6. The molecular weight excluding hydrogens is 296 g/mol. The van der Waals surface area contributed by atoms with Crippen LogP contribution in [0.4, 0.5) is 14.6 Å². The molecule has 0 spiro atoms. The Hall–Kier alpha value is -1.24. The predicted molar refractivity (Wildman–Crippen MR) is 61.7 cm³/mol. The van der Waals surface area contributed by atoms with Crippen LogP contribution in [0.1, 0.15) is 6.42 Å². The number of rotatable bonds is 2. The maximum atomic E-state index is 13.3. The first kappa shape index (κ1) is 12.2. The molecule has 7 heteroatoms.